The number of likely N-dealkylation sites (tertiary alicyclic amines) is 1. The molecule has 0 saturated carbocycles. The number of hydrogen-bond donors (Lipinski definition) is 0. The zero-order chi connectivity index (χ0) is 14.1. The Morgan fingerprint density at radius 1 is 1.33 bits per heavy atom. The smallest absolute Gasteiger partial charge is 0.199 e. The Morgan fingerprint density at radius 2 is 2.29 bits per heavy atom. The third-order valence-corrected chi connectivity index (χ3v) is 4.67. The van der Waals surface area contributed by atoms with Gasteiger partial charge in [0.05, 0.1) is 11.2 Å². The van der Waals surface area contributed by atoms with Crippen LogP contribution in [-0.2, 0) is 6.54 Å². The van der Waals surface area contributed by atoms with Gasteiger partial charge in [0.1, 0.15) is 5.52 Å². The highest BCUT2D eigenvalue weighted by molar-refractivity contribution is 7.07. The maximum Gasteiger partial charge on any atom is 0.199 e. The second-order valence-corrected chi connectivity index (χ2v) is 6.29. The molecule has 1 aromatic carbocycles. The first kappa shape index (κ1) is 13.0. The molecule has 21 heavy (non-hydrogen) atoms. The summed E-state index contributed by atoms with van der Waals surface area (Å²) in [5, 5.41) is 2.13. The monoisotopic (exact) mass is 299 g/mol. The summed E-state index contributed by atoms with van der Waals surface area (Å²) in [6.45, 7) is 3.07. The molecule has 0 aliphatic carbocycles. The average molecular weight is 299 g/mol. The van der Waals surface area contributed by atoms with Crippen molar-refractivity contribution < 1.29 is 4.42 Å². The zero-order valence-corrected chi connectivity index (χ0v) is 12.6. The number of aromatic nitrogens is 2. The summed E-state index contributed by atoms with van der Waals surface area (Å²) in [7, 11) is 0. The van der Waals surface area contributed by atoms with Gasteiger partial charge in [0.15, 0.2) is 11.5 Å². The minimum atomic E-state index is 0.393. The van der Waals surface area contributed by atoms with Crippen LogP contribution >= 0.6 is 11.3 Å². The van der Waals surface area contributed by atoms with Gasteiger partial charge in [-0.05, 0) is 31.5 Å². The molecule has 1 atom stereocenters. The molecule has 0 N–H and O–H groups in total. The van der Waals surface area contributed by atoms with E-state index in [9.17, 15) is 0 Å². The number of benzene rings is 1. The highest BCUT2D eigenvalue weighted by Gasteiger charge is 2.25. The first-order valence-corrected chi connectivity index (χ1v) is 8.27. The van der Waals surface area contributed by atoms with Crippen molar-refractivity contribution in [3.63, 3.8) is 0 Å². The number of piperidine rings is 1. The van der Waals surface area contributed by atoms with Crippen molar-refractivity contribution in [3.05, 3.63) is 46.7 Å². The fourth-order valence-electron chi connectivity index (χ4n) is 3.01. The molecule has 4 rings (SSSR count). The summed E-state index contributed by atoms with van der Waals surface area (Å²) in [5.41, 5.74) is 4.92. The van der Waals surface area contributed by atoms with Gasteiger partial charge in [-0.25, -0.2) is 9.97 Å². The SMILES string of the molecule is c1ccc2oc([C@@H]3CCCN(Cc4cscn4)C3)nc2c1. The van der Waals surface area contributed by atoms with Crippen molar-refractivity contribution >= 4 is 22.4 Å². The summed E-state index contributed by atoms with van der Waals surface area (Å²) in [5.74, 6) is 1.28. The molecule has 0 radical (unpaired) electrons. The zero-order valence-electron chi connectivity index (χ0n) is 11.7. The van der Waals surface area contributed by atoms with Crippen molar-refractivity contribution in [3.8, 4) is 0 Å². The lowest BCUT2D eigenvalue weighted by Crippen LogP contribution is -2.34. The Labute approximate surface area is 127 Å². The summed E-state index contributed by atoms with van der Waals surface area (Å²) >= 11 is 1.66. The number of hydrogen-bond acceptors (Lipinski definition) is 5. The normalized spacial score (nSPS) is 20.1. The van der Waals surface area contributed by atoms with Crippen molar-refractivity contribution in [1.29, 1.82) is 0 Å². The number of nitrogens with zero attached hydrogens (tertiary/aromatic N) is 3. The molecule has 1 aliphatic rings. The van der Waals surface area contributed by atoms with Crippen molar-refractivity contribution in [2.24, 2.45) is 0 Å². The van der Waals surface area contributed by atoms with Gasteiger partial charge in [-0.3, -0.25) is 4.90 Å². The maximum atomic E-state index is 5.94. The number of oxazole rings is 1. The van der Waals surface area contributed by atoms with E-state index in [-0.39, 0.29) is 0 Å². The molecule has 4 nitrogen and oxygen atoms in total. The molecule has 1 fully saturated rings. The van der Waals surface area contributed by atoms with Crippen LogP contribution in [0, 0.1) is 0 Å². The van der Waals surface area contributed by atoms with Gasteiger partial charge in [0.25, 0.3) is 0 Å². The molecular weight excluding hydrogens is 282 g/mol. The van der Waals surface area contributed by atoms with Crippen LogP contribution in [0.25, 0.3) is 11.1 Å². The van der Waals surface area contributed by atoms with E-state index in [4.69, 9.17) is 4.42 Å². The standard InChI is InChI=1S/C16H17N3OS/c1-2-6-15-14(5-1)18-16(20-15)12-4-3-7-19(8-12)9-13-10-21-11-17-13/h1-2,5-6,10-12H,3-4,7-9H2/t12-/m1/s1. The van der Waals surface area contributed by atoms with Gasteiger partial charge in [0.2, 0.25) is 0 Å². The molecule has 5 heteroatoms. The Balaban J connectivity index is 1.52. The van der Waals surface area contributed by atoms with Gasteiger partial charge in [-0.2, -0.15) is 0 Å². The molecular formula is C16H17N3OS. The predicted molar refractivity (Wildman–Crippen MR) is 83.4 cm³/mol. The largest absolute Gasteiger partial charge is 0.440 e. The average Bonchev–Trinajstić information content (AvgIpc) is 3.16. The van der Waals surface area contributed by atoms with E-state index in [0.29, 0.717) is 5.92 Å². The number of thiazole rings is 1. The van der Waals surface area contributed by atoms with E-state index in [2.05, 4.69) is 20.2 Å². The van der Waals surface area contributed by atoms with Crippen molar-refractivity contribution in [1.82, 2.24) is 14.9 Å². The molecule has 1 saturated heterocycles. The van der Waals surface area contributed by atoms with E-state index in [0.717, 1.165) is 43.0 Å². The molecule has 0 bridgehead atoms. The summed E-state index contributed by atoms with van der Waals surface area (Å²) < 4.78 is 5.94. The van der Waals surface area contributed by atoms with Gasteiger partial charge in [-0.1, -0.05) is 12.1 Å². The number of fused-ring (bicyclic) bond motifs is 1. The van der Waals surface area contributed by atoms with Crippen LogP contribution in [0.3, 0.4) is 0 Å². The summed E-state index contributed by atoms with van der Waals surface area (Å²) in [6, 6.07) is 8.00. The first-order valence-electron chi connectivity index (χ1n) is 7.33. The lowest BCUT2D eigenvalue weighted by Gasteiger charge is -2.30. The van der Waals surface area contributed by atoms with Gasteiger partial charge < -0.3 is 4.42 Å². The van der Waals surface area contributed by atoms with Crippen molar-refractivity contribution in [2.45, 2.75) is 25.3 Å². The van der Waals surface area contributed by atoms with Crippen LogP contribution in [0.2, 0.25) is 0 Å². The molecule has 3 aromatic rings. The maximum absolute atomic E-state index is 5.94. The van der Waals surface area contributed by atoms with E-state index < -0.39 is 0 Å². The summed E-state index contributed by atoms with van der Waals surface area (Å²) in [4.78, 5) is 11.5. The second-order valence-electron chi connectivity index (χ2n) is 5.57. The Hall–Kier alpha value is -1.72. The third-order valence-electron chi connectivity index (χ3n) is 4.03. The quantitative estimate of drug-likeness (QED) is 0.740. The Bertz CT molecular complexity index is 689. The Morgan fingerprint density at radius 3 is 3.14 bits per heavy atom. The molecule has 0 spiro atoms. The molecule has 2 aromatic heterocycles. The van der Waals surface area contributed by atoms with E-state index in [1.54, 1.807) is 11.3 Å². The number of para-hydroxylation sites is 2. The molecule has 0 amide bonds. The molecule has 108 valence electrons. The van der Waals surface area contributed by atoms with Crippen LogP contribution in [0.15, 0.2) is 39.6 Å². The van der Waals surface area contributed by atoms with E-state index >= 15 is 0 Å². The molecule has 1 aliphatic heterocycles. The van der Waals surface area contributed by atoms with Crippen LogP contribution < -0.4 is 0 Å². The van der Waals surface area contributed by atoms with Crippen LogP contribution in [0.5, 0.6) is 0 Å². The fourth-order valence-corrected chi connectivity index (χ4v) is 3.56. The highest BCUT2D eigenvalue weighted by Crippen LogP contribution is 2.29. The molecule has 0 unspecified atom stereocenters. The molecule has 3 heterocycles. The van der Waals surface area contributed by atoms with E-state index in [1.165, 1.54) is 12.1 Å². The highest BCUT2D eigenvalue weighted by atomic mass is 32.1. The predicted octanol–water partition coefficient (Wildman–Crippen LogP) is 3.66. The van der Waals surface area contributed by atoms with Crippen LogP contribution in [0.1, 0.15) is 30.3 Å². The summed E-state index contributed by atoms with van der Waals surface area (Å²) in [6.07, 6.45) is 2.34. The number of rotatable bonds is 3. The van der Waals surface area contributed by atoms with Crippen LogP contribution in [0.4, 0.5) is 0 Å². The van der Waals surface area contributed by atoms with Crippen LogP contribution in [-0.4, -0.2) is 28.0 Å². The Kier molecular flexibility index (Phi) is 3.45. The second kappa shape index (κ2) is 5.58. The minimum absolute atomic E-state index is 0.393. The van der Waals surface area contributed by atoms with Gasteiger partial charge >= 0.3 is 0 Å². The lowest BCUT2D eigenvalue weighted by molar-refractivity contribution is 0.185. The van der Waals surface area contributed by atoms with E-state index in [1.807, 2.05) is 29.8 Å². The van der Waals surface area contributed by atoms with Gasteiger partial charge in [0, 0.05) is 24.4 Å². The minimum Gasteiger partial charge on any atom is -0.440 e. The lowest BCUT2D eigenvalue weighted by atomic mass is 9.98. The fraction of sp³-hybridized carbons (Fsp3) is 0.375. The topological polar surface area (TPSA) is 42.2 Å². The third kappa shape index (κ3) is 2.71. The van der Waals surface area contributed by atoms with Gasteiger partial charge in [-0.15, -0.1) is 11.3 Å². The first-order chi connectivity index (χ1) is 10.4. The van der Waals surface area contributed by atoms with Crippen molar-refractivity contribution in [2.75, 3.05) is 13.1 Å².